The van der Waals surface area contributed by atoms with E-state index in [4.69, 9.17) is 22.1 Å². The van der Waals surface area contributed by atoms with Crippen molar-refractivity contribution in [3.8, 4) is 11.1 Å². The third kappa shape index (κ3) is 3.70. The lowest BCUT2D eigenvalue weighted by atomic mass is 9.93. The molecule has 1 aliphatic rings. The van der Waals surface area contributed by atoms with Crippen molar-refractivity contribution in [2.75, 3.05) is 6.61 Å². The Morgan fingerprint density at radius 3 is 2.00 bits per heavy atom. The maximum atomic E-state index is 12.7. The summed E-state index contributed by atoms with van der Waals surface area (Å²) in [5.41, 5.74) is 10.9. The molecule has 0 fully saturated rings. The fourth-order valence-corrected chi connectivity index (χ4v) is 4.10. The van der Waals surface area contributed by atoms with E-state index in [9.17, 15) is 14.7 Å². The van der Waals surface area contributed by atoms with Crippen molar-refractivity contribution < 1.29 is 19.4 Å². The van der Waals surface area contributed by atoms with Gasteiger partial charge in [0.1, 0.15) is 6.61 Å². The van der Waals surface area contributed by atoms with E-state index in [-0.39, 0.29) is 12.5 Å². The molecule has 0 amide bonds. The number of aliphatic carboxylic acids is 1. The second-order valence-corrected chi connectivity index (χ2v) is 7.69. The molecule has 30 heavy (non-hydrogen) atoms. The van der Waals surface area contributed by atoms with Gasteiger partial charge in [-0.2, -0.15) is 0 Å². The highest BCUT2D eigenvalue weighted by Gasteiger charge is 2.37. The zero-order valence-electron chi connectivity index (χ0n) is 16.0. The molecule has 3 N–H and O–H groups in total. The summed E-state index contributed by atoms with van der Waals surface area (Å²) in [5, 5.41) is 10.1. The number of carbonyl (C=O) groups is 2. The number of hydrogen-bond acceptors (Lipinski definition) is 4. The fourth-order valence-electron chi connectivity index (χ4n) is 3.97. The molecule has 0 bridgehead atoms. The van der Waals surface area contributed by atoms with Crippen LogP contribution in [0.5, 0.6) is 0 Å². The quantitative estimate of drug-likeness (QED) is 0.455. The third-order valence-corrected chi connectivity index (χ3v) is 5.74. The van der Waals surface area contributed by atoms with Crippen LogP contribution in [-0.4, -0.2) is 23.7 Å². The molecule has 0 aromatic heterocycles. The summed E-state index contributed by atoms with van der Waals surface area (Å²) in [6, 6.07) is 21.3. The van der Waals surface area contributed by atoms with Crippen LogP contribution in [0.25, 0.3) is 11.1 Å². The molecule has 0 aliphatic heterocycles. The minimum Gasteiger partial charge on any atom is -0.481 e. The maximum absolute atomic E-state index is 12.7. The van der Waals surface area contributed by atoms with Gasteiger partial charge in [-0.3, -0.25) is 9.59 Å². The van der Waals surface area contributed by atoms with Crippen molar-refractivity contribution >= 4 is 23.5 Å². The van der Waals surface area contributed by atoms with Crippen LogP contribution in [-0.2, 0) is 14.3 Å². The first-order valence-electron chi connectivity index (χ1n) is 9.56. The molecule has 5 nitrogen and oxygen atoms in total. The van der Waals surface area contributed by atoms with Gasteiger partial charge in [0, 0.05) is 10.9 Å². The molecule has 0 spiro atoms. The van der Waals surface area contributed by atoms with Gasteiger partial charge in [0.25, 0.3) is 0 Å². The molecule has 152 valence electrons. The predicted molar refractivity (Wildman–Crippen MR) is 114 cm³/mol. The molecule has 3 aromatic rings. The number of hydrogen-bond donors (Lipinski definition) is 2. The van der Waals surface area contributed by atoms with Crippen molar-refractivity contribution in [2.45, 2.75) is 12.0 Å². The van der Waals surface area contributed by atoms with E-state index in [0.717, 1.165) is 22.3 Å². The lowest BCUT2D eigenvalue weighted by molar-refractivity contribution is -0.160. The van der Waals surface area contributed by atoms with Crippen molar-refractivity contribution in [2.24, 2.45) is 11.7 Å². The van der Waals surface area contributed by atoms with Gasteiger partial charge < -0.3 is 15.6 Å². The van der Waals surface area contributed by atoms with E-state index < -0.39 is 23.9 Å². The summed E-state index contributed by atoms with van der Waals surface area (Å²) in [7, 11) is 0. The molecule has 0 heterocycles. The summed E-state index contributed by atoms with van der Waals surface area (Å²) in [5.74, 6) is -3.85. The zero-order chi connectivity index (χ0) is 21.3. The highest BCUT2D eigenvalue weighted by atomic mass is 35.5. The minimum atomic E-state index is -1.52. The van der Waals surface area contributed by atoms with Gasteiger partial charge in [-0.15, -0.1) is 0 Å². The number of carboxylic acids is 1. The second kappa shape index (κ2) is 8.30. The smallest absolute Gasteiger partial charge is 0.322 e. The topological polar surface area (TPSA) is 89.6 Å². The molecule has 6 heteroatoms. The summed E-state index contributed by atoms with van der Waals surface area (Å²) >= 11 is 5.88. The van der Waals surface area contributed by atoms with Gasteiger partial charge >= 0.3 is 11.9 Å². The Bertz CT molecular complexity index is 1050. The lowest BCUT2D eigenvalue weighted by Gasteiger charge is -2.21. The van der Waals surface area contributed by atoms with Gasteiger partial charge in [0.05, 0.1) is 6.04 Å². The average molecular weight is 422 g/mol. The molecule has 0 saturated heterocycles. The molecule has 3 aromatic carbocycles. The van der Waals surface area contributed by atoms with Crippen molar-refractivity contribution in [1.82, 2.24) is 0 Å². The van der Waals surface area contributed by atoms with Crippen LogP contribution in [0.3, 0.4) is 0 Å². The van der Waals surface area contributed by atoms with Crippen molar-refractivity contribution in [1.29, 1.82) is 0 Å². The van der Waals surface area contributed by atoms with E-state index in [1.165, 1.54) is 0 Å². The van der Waals surface area contributed by atoms with E-state index in [1.54, 1.807) is 24.3 Å². The Kier molecular flexibility index (Phi) is 5.57. The average Bonchev–Trinajstić information content (AvgIpc) is 3.06. The summed E-state index contributed by atoms with van der Waals surface area (Å²) in [4.78, 5) is 24.5. The largest absolute Gasteiger partial charge is 0.481 e. The highest BCUT2D eigenvalue weighted by Crippen LogP contribution is 2.44. The Hall–Kier alpha value is -3.15. The monoisotopic (exact) mass is 421 g/mol. The van der Waals surface area contributed by atoms with Gasteiger partial charge in [0.2, 0.25) is 0 Å². The Balaban J connectivity index is 1.54. The van der Waals surface area contributed by atoms with Crippen LogP contribution in [0.2, 0.25) is 5.02 Å². The van der Waals surface area contributed by atoms with Gasteiger partial charge in [-0.05, 0) is 39.9 Å². The summed E-state index contributed by atoms with van der Waals surface area (Å²) in [6.07, 6.45) is 0. The molecule has 2 unspecified atom stereocenters. The van der Waals surface area contributed by atoms with E-state index >= 15 is 0 Å². The molecule has 0 radical (unpaired) electrons. The number of carboxylic acid groups (broad SMARTS) is 1. The first-order chi connectivity index (χ1) is 14.5. The van der Waals surface area contributed by atoms with Crippen LogP contribution in [0.15, 0.2) is 72.8 Å². The molecule has 0 saturated carbocycles. The molecular weight excluding hydrogens is 402 g/mol. The number of benzene rings is 3. The number of ether oxygens (including phenoxy) is 1. The molecule has 4 rings (SSSR count). The van der Waals surface area contributed by atoms with Crippen LogP contribution in [0.4, 0.5) is 0 Å². The summed E-state index contributed by atoms with van der Waals surface area (Å²) < 4.78 is 5.50. The minimum absolute atomic E-state index is 0.0456. The van der Waals surface area contributed by atoms with Crippen LogP contribution in [0.1, 0.15) is 28.7 Å². The SMILES string of the molecule is NC(c1ccc(Cl)cc1)C(C(=O)O)C(=O)OCC1c2ccccc2-c2ccccc21. The van der Waals surface area contributed by atoms with Gasteiger partial charge in [0.15, 0.2) is 5.92 Å². The van der Waals surface area contributed by atoms with E-state index in [1.807, 2.05) is 48.5 Å². The summed E-state index contributed by atoms with van der Waals surface area (Å²) in [6.45, 7) is 0.0456. The molecule has 1 aliphatic carbocycles. The van der Waals surface area contributed by atoms with E-state index in [2.05, 4.69) is 0 Å². The first kappa shape index (κ1) is 20.1. The number of fused-ring (bicyclic) bond motifs is 3. The Labute approximate surface area is 179 Å². The molecule has 2 atom stereocenters. The van der Waals surface area contributed by atoms with Gasteiger partial charge in [-0.25, -0.2) is 0 Å². The number of nitrogens with two attached hydrogens (primary N) is 1. The Morgan fingerprint density at radius 1 is 0.933 bits per heavy atom. The van der Waals surface area contributed by atoms with Crippen molar-refractivity contribution in [3.05, 3.63) is 94.5 Å². The standard InChI is InChI=1S/C24H20ClNO4/c25-15-11-9-14(10-12-15)22(26)21(23(27)28)24(29)30-13-20-18-7-3-1-5-16(18)17-6-2-4-8-19(17)20/h1-12,20-22H,13,26H2,(H,27,28). The number of rotatable bonds is 6. The predicted octanol–water partition coefficient (Wildman–Crippen LogP) is 4.40. The Morgan fingerprint density at radius 2 is 1.47 bits per heavy atom. The fraction of sp³-hybridized carbons (Fsp3) is 0.167. The number of carbonyl (C=O) groups excluding carboxylic acids is 1. The number of halogens is 1. The van der Waals surface area contributed by atoms with Gasteiger partial charge in [-0.1, -0.05) is 72.3 Å². The maximum Gasteiger partial charge on any atom is 0.322 e. The van der Waals surface area contributed by atoms with E-state index in [0.29, 0.717) is 10.6 Å². The first-order valence-corrected chi connectivity index (χ1v) is 9.94. The van der Waals surface area contributed by atoms with Crippen molar-refractivity contribution in [3.63, 3.8) is 0 Å². The van der Waals surface area contributed by atoms with Crippen LogP contribution < -0.4 is 5.73 Å². The second-order valence-electron chi connectivity index (χ2n) is 7.25. The van der Waals surface area contributed by atoms with Crippen LogP contribution >= 0.6 is 11.6 Å². The number of esters is 1. The highest BCUT2D eigenvalue weighted by molar-refractivity contribution is 6.30. The van der Waals surface area contributed by atoms with Crippen LogP contribution in [0, 0.1) is 5.92 Å². The zero-order valence-corrected chi connectivity index (χ0v) is 16.8. The molecular formula is C24H20ClNO4. The normalized spacial score (nSPS) is 14.5. The third-order valence-electron chi connectivity index (χ3n) is 5.49. The lowest BCUT2D eigenvalue weighted by Crippen LogP contribution is -2.36.